The molecule has 0 amide bonds. The summed E-state index contributed by atoms with van der Waals surface area (Å²) < 4.78 is 0. The molecular formula is C17H30N2O2. The molecule has 0 saturated carbocycles. The molecule has 0 saturated heterocycles. The fraction of sp³-hybridized carbons (Fsp3) is 0.765. The van der Waals surface area contributed by atoms with E-state index in [9.17, 15) is 9.59 Å². The fourth-order valence-corrected chi connectivity index (χ4v) is 2.69. The van der Waals surface area contributed by atoms with E-state index in [1.165, 1.54) is 6.42 Å². The van der Waals surface area contributed by atoms with Crippen molar-refractivity contribution in [3.8, 4) is 0 Å². The summed E-state index contributed by atoms with van der Waals surface area (Å²) in [4.78, 5) is 25.7. The Labute approximate surface area is 128 Å². The van der Waals surface area contributed by atoms with Gasteiger partial charge < -0.3 is 10.2 Å². The fourth-order valence-electron chi connectivity index (χ4n) is 2.69. The van der Waals surface area contributed by atoms with Crippen molar-refractivity contribution in [1.82, 2.24) is 4.90 Å². The monoisotopic (exact) mass is 294 g/mol. The van der Waals surface area contributed by atoms with E-state index in [2.05, 4.69) is 24.1 Å². The first kappa shape index (κ1) is 17.9. The molecule has 0 unspecified atom stereocenters. The van der Waals surface area contributed by atoms with Gasteiger partial charge in [0, 0.05) is 12.1 Å². The number of hydrogen-bond donors (Lipinski definition) is 1. The summed E-state index contributed by atoms with van der Waals surface area (Å²) in [7, 11) is 0. The van der Waals surface area contributed by atoms with Crippen LogP contribution in [0.2, 0.25) is 0 Å². The molecule has 1 aromatic carbocycles. The molecule has 120 valence electrons. The lowest BCUT2D eigenvalue weighted by atomic mass is 9.82. The SMILES string of the molecule is CCCN(CC)CCCCNc1c(C(C)(C)C)c(=O)c1=O. The minimum Gasteiger partial charge on any atom is -0.381 e. The van der Waals surface area contributed by atoms with E-state index in [1.54, 1.807) is 0 Å². The van der Waals surface area contributed by atoms with Gasteiger partial charge in [0.1, 0.15) is 0 Å². The molecule has 0 fully saturated rings. The Hall–Kier alpha value is -1.16. The van der Waals surface area contributed by atoms with Crippen LogP contribution in [0.3, 0.4) is 0 Å². The minimum atomic E-state index is -0.346. The van der Waals surface area contributed by atoms with Crippen molar-refractivity contribution in [1.29, 1.82) is 0 Å². The van der Waals surface area contributed by atoms with E-state index >= 15 is 0 Å². The smallest absolute Gasteiger partial charge is 0.249 e. The maximum atomic E-state index is 11.7. The first-order chi connectivity index (χ1) is 9.82. The maximum Gasteiger partial charge on any atom is 0.249 e. The molecule has 1 aromatic rings. The highest BCUT2D eigenvalue weighted by molar-refractivity contribution is 5.59. The van der Waals surface area contributed by atoms with Crippen LogP contribution < -0.4 is 16.2 Å². The molecule has 1 N–H and O–H groups in total. The third kappa shape index (κ3) is 4.67. The molecular weight excluding hydrogens is 264 g/mol. The molecule has 0 spiro atoms. The summed E-state index contributed by atoms with van der Waals surface area (Å²) in [6, 6.07) is 0. The highest BCUT2D eigenvalue weighted by atomic mass is 16.2. The quantitative estimate of drug-likeness (QED) is 0.561. The van der Waals surface area contributed by atoms with Crippen LogP contribution in [-0.4, -0.2) is 31.1 Å². The maximum absolute atomic E-state index is 11.7. The van der Waals surface area contributed by atoms with Gasteiger partial charge in [-0.05, 0) is 44.3 Å². The first-order valence-electron chi connectivity index (χ1n) is 8.12. The number of anilines is 1. The zero-order chi connectivity index (χ0) is 16.0. The number of nitrogens with zero attached hydrogens (tertiary/aromatic N) is 1. The average Bonchev–Trinajstić information content (AvgIpc) is 2.42. The normalized spacial score (nSPS) is 12.3. The second kappa shape index (κ2) is 7.74. The number of nitrogens with one attached hydrogen (secondary N) is 1. The lowest BCUT2D eigenvalue weighted by molar-refractivity contribution is 0.283. The predicted octanol–water partition coefficient (Wildman–Crippen LogP) is 2.50. The van der Waals surface area contributed by atoms with Crippen molar-refractivity contribution < 1.29 is 0 Å². The van der Waals surface area contributed by atoms with Crippen LogP contribution in [0.25, 0.3) is 0 Å². The summed E-state index contributed by atoms with van der Waals surface area (Å²) in [6.07, 6.45) is 3.31. The van der Waals surface area contributed by atoms with Crippen LogP contribution in [0, 0.1) is 0 Å². The molecule has 0 aromatic heterocycles. The van der Waals surface area contributed by atoms with E-state index in [1.807, 2.05) is 20.8 Å². The zero-order valence-corrected chi connectivity index (χ0v) is 14.2. The molecule has 0 radical (unpaired) electrons. The van der Waals surface area contributed by atoms with Gasteiger partial charge in [0.15, 0.2) is 0 Å². The molecule has 0 aliphatic rings. The Morgan fingerprint density at radius 1 is 1.00 bits per heavy atom. The standard InChI is InChI=1S/C17H30N2O2/c1-6-11-19(7-2)12-9-8-10-18-14-13(17(3,4)5)15(20)16(14)21/h18H,6-12H2,1-5H3. The zero-order valence-electron chi connectivity index (χ0n) is 14.2. The highest BCUT2D eigenvalue weighted by Gasteiger charge is 2.29. The van der Waals surface area contributed by atoms with Gasteiger partial charge >= 0.3 is 0 Å². The lowest BCUT2D eigenvalue weighted by Crippen LogP contribution is -2.43. The third-order valence-corrected chi connectivity index (χ3v) is 3.85. The van der Waals surface area contributed by atoms with Crippen LogP contribution in [0.4, 0.5) is 5.69 Å². The van der Waals surface area contributed by atoms with Gasteiger partial charge in [0.25, 0.3) is 0 Å². The van der Waals surface area contributed by atoms with Gasteiger partial charge in [-0.1, -0.05) is 34.6 Å². The molecule has 0 heterocycles. The van der Waals surface area contributed by atoms with E-state index in [-0.39, 0.29) is 16.3 Å². The first-order valence-corrected chi connectivity index (χ1v) is 8.12. The Kier molecular flexibility index (Phi) is 6.59. The largest absolute Gasteiger partial charge is 0.381 e. The van der Waals surface area contributed by atoms with Crippen LogP contribution >= 0.6 is 0 Å². The molecule has 1 rings (SSSR count). The second-order valence-electron chi connectivity index (χ2n) is 6.73. The van der Waals surface area contributed by atoms with Gasteiger partial charge in [0.2, 0.25) is 10.9 Å². The van der Waals surface area contributed by atoms with Crippen molar-refractivity contribution in [3.63, 3.8) is 0 Å². The topological polar surface area (TPSA) is 49.4 Å². The second-order valence-corrected chi connectivity index (χ2v) is 6.73. The van der Waals surface area contributed by atoms with E-state index in [4.69, 9.17) is 0 Å². The summed E-state index contributed by atoms with van der Waals surface area (Å²) in [5.74, 6) is 0. The van der Waals surface area contributed by atoms with E-state index < -0.39 is 0 Å². The van der Waals surface area contributed by atoms with E-state index in [0.717, 1.165) is 39.0 Å². The molecule has 0 atom stereocenters. The van der Waals surface area contributed by atoms with Crippen molar-refractivity contribution in [2.75, 3.05) is 31.5 Å². The third-order valence-electron chi connectivity index (χ3n) is 3.85. The summed E-state index contributed by atoms with van der Waals surface area (Å²) in [5, 5.41) is 3.17. The van der Waals surface area contributed by atoms with Crippen LogP contribution in [-0.2, 0) is 5.41 Å². The van der Waals surface area contributed by atoms with Crippen LogP contribution in [0.1, 0.15) is 59.4 Å². The van der Waals surface area contributed by atoms with Gasteiger partial charge in [0.05, 0.1) is 5.69 Å². The Morgan fingerprint density at radius 3 is 2.19 bits per heavy atom. The summed E-state index contributed by atoms with van der Waals surface area (Å²) in [6.45, 7) is 14.4. The van der Waals surface area contributed by atoms with Crippen molar-refractivity contribution in [2.24, 2.45) is 0 Å². The Bertz CT molecular complexity index is 507. The van der Waals surface area contributed by atoms with Crippen molar-refractivity contribution >= 4 is 5.69 Å². The summed E-state index contributed by atoms with van der Waals surface area (Å²) >= 11 is 0. The van der Waals surface area contributed by atoms with Crippen LogP contribution in [0.15, 0.2) is 9.59 Å². The molecule has 0 bridgehead atoms. The molecule has 0 aliphatic carbocycles. The lowest BCUT2D eigenvalue weighted by Gasteiger charge is -2.24. The molecule has 21 heavy (non-hydrogen) atoms. The number of rotatable bonds is 9. The predicted molar refractivity (Wildman–Crippen MR) is 90.2 cm³/mol. The minimum absolute atomic E-state index is 0.256. The molecule has 4 heteroatoms. The van der Waals surface area contributed by atoms with E-state index in [0.29, 0.717) is 11.3 Å². The van der Waals surface area contributed by atoms with Gasteiger partial charge in [-0.2, -0.15) is 0 Å². The highest BCUT2D eigenvalue weighted by Crippen LogP contribution is 2.25. The van der Waals surface area contributed by atoms with Crippen molar-refractivity contribution in [3.05, 3.63) is 26.0 Å². The number of unbranched alkanes of at least 4 members (excludes halogenated alkanes) is 1. The summed E-state index contributed by atoms with van der Waals surface area (Å²) in [5.41, 5.74) is 0.293. The van der Waals surface area contributed by atoms with Gasteiger partial charge in [-0.3, -0.25) is 9.59 Å². The van der Waals surface area contributed by atoms with Gasteiger partial charge in [-0.25, -0.2) is 0 Å². The Balaban J connectivity index is 2.39. The van der Waals surface area contributed by atoms with Gasteiger partial charge in [-0.15, -0.1) is 0 Å². The van der Waals surface area contributed by atoms with Crippen LogP contribution in [0.5, 0.6) is 0 Å². The molecule has 0 aliphatic heterocycles. The van der Waals surface area contributed by atoms with Crippen molar-refractivity contribution in [2.45, 2.75) is 59.3 Å². The Morgan fingerprint density at radius 2 is 1.67 bits per heavy atom. The molecule has 4 nitrogen and oxygen atoms in total. The number of hydrogen-bond acceptors (Lipinski definition) is 4. The average molecular weight is 294 g/mol.